The number of benzene rings is 2. The second kappa shape index (κ2) is 6.86. The Balaban J connectivity index is 2.40. The average molecular weight is 329 g/mol. The summed E-state index contributed by atoms with van der Waals surface area (Å²) in [5, 5.41) is 10.2. The van der Waals surface area contributed by atoms with Crippen LogP contribution in [-0.2, 0) is 5.60 Å². The molecule has 0 bridgehead atoms. The van der Waals surface area contributed by atoms with Gasteiger partial charge in [-0.05, 0) is 24.3 Å². The second-order valence-electron chi connectivity index (χ2n) is 5.24. The first-order valence-corrected chi connectivity index (χ1v) is 7.55. The summed E-state index contributed by atoms with van der Waals surface area (Å²) >= 11 is -0.349. The van der Waals surface area contributed by atoms with E-state index in [9.17, 15) is 13.8 Å². The van der Waals surface area contributed by atoms with E-state index in [0.717, 1.165) is 5.69 Å². The zero-order valence-electron chi connectivity index (χ0n) is 12.8. The van der Waals surface area contributed by atoms with Crippen LogP contribution in [0.3, 0.4) is 0 Å². The first kappa shape index (κ1) is 17.1. The van der Waals surface area contributed by atoms with E-state index in [-0.39, 0.29) is 17.7 Å². The number of terminal acetylenes is 1. The van der Waals surface area contributed by atoms with Gasteiger partial charge in [-0.15, -0.1) is 6.42 Å². The van der Waals surface area contributed by atoms with E-state index in [1.807, 2.05) is 31.1 Å². The lowest BCUT2D eigenvalue weighted by atomic mass is 9.86. The molecular formula is C18H16FNO2S. The maximum atomic E-state index is 12.3. The number of aliphatic hydroxyl groups is 1. The predicted molar refractivity (Wildman–Crippen MR) is 92.1 cm³/mol. The van der Waals surface area contributed by atoms with Crippen LogP contribution in [0.15, 0.2) is 48.5 Å². The highest BCUT2D eigenvalue weighted by Gasteiger charge is 2.29. The third-order valence-corrected chi connectivity index (χ3v) is 3.99. The number of carbonyl (C=O) groups is 1. The zero-order valence-corrected chi connectivity index (χ0v) is 13.6. The summed E-state index contributed by atoms with van der Waals surface area (Å²) in [4.78, 5) is 13.2. The molecule has 0 aromatic heterocycles. The molecule has 1 unspecified atom stereocenters. The molecule has 0 radical (unpaired) electrons. The van der Waals surface area contributed by atoms with Gasteiger partial charge in [0.1, 0.15) is 12.1 Å². The molecule has 2 rings (SSSR count). The van der Waals surface area contributed by atoms with E-state index in [4.69, 9.17) is 6.42 Å². The summed E-state index contributed by atoms with van der Waals surface area (Å²) in [6, 6.07) is 13.2. The molecule has 23 heavy (non-hydrogen) atoms. The number of anilines is 1. The molecular weight excluding hydrogens is 313 g/mol. The van der Waals surface area contributed by atoms with Crippen LogP contribution in [0.1, 0.15) is 21.5 Å². The lowest BCUT2D eigenvalue weighted by Gasteiger charge is -2.24. The van der Waals surface area contributed by atoms with E-state index in [2.05, 4.69) is 5.92 Å². The van der Waals surface area contributed by atoms with E-state index in [1.165, 1.54) is 24.3 Å². The molecule has 0 fully saturated rings. The van der Waals surface area contributed by atoms with Crippen LogP contribution >= 0.6 is 12.1 Å². The minimum Gasteiger partial charge on any atom is -0.378 e. The molecule has 0 amide bonds. The van der Waals surface area contributed by atoms with Gasteiger partial charge in [-0.3, -0.25) is 4.79 Å². The zero-order chi connectivity index (χ0) is 17.0. The quantitative estimate of drug-likeness (QED) is 0.873. The van der Waals surface area contributed by atoms with E-state index >= 15 is 0 Å². The van der Waals surface area contributed by atoms with Crippen LogP contribution in [0.4, 0.5) is 9.57 Å². The van der Waals surface area contributed by atoms with Gasteiger partial charge in [-0.25, -0.2) is 0 Å². The Bertz CT molecular complexity index is 735. The normalized spacial score (nSPS) is 13.0. The summed E-state index contributed by atoms with van der Waals surface area (Å²) in [5.41, 5.74) is 0.565. The molecule has 118 valence electrons. The summed E-state index contributed by atoms with van der Waals surface area (Å²) in [6.07, 6.45) is 5.55. The van der Waals surface area contributed by atoms with Crippen molar-refractivity contribution in [3.05, 3.63) is 65.2 Å². The van der Waals surface area contributed by atoms with Crippen molar-refractivity contribution in [1.82, 2.24) is 0 Å². The summed E-state index contributed by atoms with van der Waals surface area (Å²) in [5.74, 6) is 2.40. The molecule has 0 spiro atoms. The molecule has 0 saturated carbocycles. The molecule has 0 heterocycles. The summed E-state index contributed by atoms with van der Waals surface area (Å²) in [7, 11) is 3.84. The SMILES string of the molecule is C#CC(O)(c1ccc(C(=O)SF)cc1)c1ccc(N(C)C)cc1. The average Bonchev–Trinajstić information content (AvgIpc) is 2.60. The minimum absolute atomic E-state index is 0.212. The highest BCUT2D eigenvalue weighted by molar-refractivity contribution is 8.09. The Morgan fingerprint density at radius 3 is 2.00 bits per heavy atom. The van der Waals surface area contributed by atoms with Crippen LogP contribution in [-0.4, -0.2) is 24.3 Å². The van der Waals surface area contributed by atoms with Crippen molar-refractivity contribution in [3.8, 4) is 12.3 Å². The number of hydrogen-bond donors (Lipinski definition) is 1. The molecule has 3 nitrogen and oxygen atoms in total. The Morgan fingerprint density at radius 2 is 1.61 bits per heavy atom. The smallest absolute Gasteiger partial charge is 0.251 e. The first-order chi connectivity index (χ1) is 10.9. The van der Waals surface area contributed by atoms with Crippen molar-refractivity contribution < 1.29 is 13.8 Å². The lowest BCUT2D eigenvalue weighted by Crippen LogP contribution is -2.25. The van der Waals surface area contributed by atoms with Gasteiger partial charge < -0.3 is 10.0 Å². The van der Waals surface area contributed by atoms with Crippen molar-refractivity contribution in [2.45, 2.75) is 5.60 Å². The van der Waals surface area contributed by atoms with Gasteiger partial charge in [-0.2, -0.15) is 3.89 Å². The molecule has 5 heteroatoms. The molecule has 2 aromatic carbocycles. The second-order valence-corrected chi connectivity index (χ2v) is 5.76. The fourth-order valence-corrected chi connectivity index (χ4v) is 2.45. The fourth-order valence-electron chi connectivity index (χ4n) is 2.23. The third kappa shape index (κ3) is 3.39. The summed E-state index contributed by atoms with van der Waals surface area (Å²) in [6.45, 7) is 0. The van der Waals surface area contributed by atoms with Crippen LogP contribution in [0, 0.1) is 12.3 Å². The van der Waals surface area contributed by atoms with Crippen molar-refractivity contribution in [1.29, 1.82) is 0 Å². The fraction of sp³-hybridized carbons (Fsp3) is 0.167. The van der Waals surface area contributed by atoms with Gasteiger partial charge >= 0.3 is 0 Å². The van der Waals surface area contributed by atoms with E-state index < -0.39 is 10.7 Å². The Hall–Kier alpha value is -2.29. The third-order valence-electron chi connectivity index (χ3n) is 3.62. The van der Waals surface area contributed by atoms with Gasteiger partial charge in [0, 0.05) is 36.5 Å². The number of nitrogens with zero attached hydrogens (tertiary/aromatic N) is 1. The number of carbonyl (C=O) groups excluding carboxylic acids is 1. The van der Waals surface area contributed by atoms with Gasteiger partial charge in [-0.1, -0.05) is 30.2 Å². The van der Waals surface area contributed by atoms with Crippen molar-refractivity contribution in [2.75, 3.05) is 19.0 Å². The van der Waals surface area contributed by atoms with E-state index in [0.29, 0.717) is 11.1 Å². The maximum Gasteiger partial charge on any atom is 0.251 e. The van der Waals surface area contributed by atoms with Crippen molar-refractivity contribution in [2.24, 2.45) is 0 Å². The van der Waals surface area contributed by atoms with Gasteiger partial charge in [0.2, 0.25) is 0 Å². The van der Waals surface area contributed by atoms with Crippen molar-refractivity contribution in [3.63, 3.8) is 0 Å². The highest BCUT2D eigenvalue weighted by Crippen LogP contribution is 2.30. The number of halogens is 1. The van der Waals surface area contributed by atoms with Gasteiger partial charge in [0.15, 0.2) is 5.60 Å². The lowest BCUT2D eigenvalue weighted by molar-refractivity contribution is 0.108. The topological polar surface area (TPSA) is 40.5 Å². The molecule has 0 aliphatic heterocycles. The van der Waals surface area contributed by atoms with Crippen LogP contribution in [0.25, 0.3) is 0 Å². The molecule has 1 N–H and O–H groups in total. The van der Waals surface area contributed by atoms with Crippen LogP contribution < -0.4 is 4.90 Å². The number of hydrogen-bond acceptors (Lipinski definition) is 4. The Kier molecular flexibility index (Phi) is 5.09. The first-order valence-electron chi connectivity index (χ1n) is 6.84. The van der Waals surface area contributed by atoms with Crippen molar-refractivity contribution >= 4 is 23.0 Å². The highest BCUT2D eigenvalue weighted by atomic mass is 32.2. The minimum atomic E-state index is -1.62. The van der Waals surface area contributed by atoms with Crippen LogP contribution in [0.5, 0.6) is 0 Å². The molecule has 1 atom stereocenters. The molecule has 0 saturated heterocycles. The van der Waals surface area contributed by atoms with Gasteiger partial charge in [0.25, 0.3) is 5.12 Å². The molecule has 0 aliphatic carbocycles. The Morgan fingerprint density at radius 1 is 1.13 bits per heavy atom. The molecule has 0 aliphatic rings. The van der Waals surface area contributed by atoms with Gasteiger partial charge in [0.05, 0.1) is 0 Å². The monoisotopic (exact) mass is 329 g/mol. The Labute approximate surface area is 139 Å². The van der Waals surface area contributed by atoms with E-state index in [1.54, 1.807) is 12.1 Å². The van der Waals surface area contributed by atoms with Crippen LogP contribution in [0.2, 0.25) is 0 Å². The number of rotatable bonds is 4. The largest absolute Gasteiger partial charge is 0.378 e. The summed E-state index contributed by atoms with van der Waals surface area (Å²) < 4.78 is 12.3. The standard InChI is InChI=1S/C18H16FNO2S/c1-4-18(22,15-9-11-16(12-10-15)20(2)3)14-7-5-13(6-8-14)17(21)23-19/h1,5-12,22H,2-3H3. The maximum absolute atomic E-state index is 12.3. The predicted octanol–water partition coefficient (Wildman–Crippen LogP) is 3.38. The molecule has 2 aromatic rings.